The fraction of sp³-hybridized carbons (Fsp3) is 0.250. The Morgan fingerprint density at radius 3 is 2.25 bits per heavy atom. The maximum Gasteiger partial charge on any atom is 0.127 e. The summed E-state index contributed by atoms with van der Waals surface area (Å²) in [6.45, 7) is 6.14. The Hall–Kier alpha value is -2.36. The molecule has 1 aromatic heterocycles. The molecule has 0 aliphatic heterocycles. The summed E-state index contributed by atoms with van der Waals surface area (Å²) >= 11 is 0. The van der Waals surface area contributed by atoms with E-state index in [0.717, 1.165) is 22.3 Å². The van der Waals surface area contributed by atoms with Gasteiger partial charge in [-0.15, -0.1) is 10.2 Å². The SMILES string of the molecule is CC(C)(C)c1cc(-n2nc3ccccc3n2)c[c]c1O. The van der Waals surface area contributed by atoms with Gasteiger partial charge in [-0.05, 0) is 29.7 Å². The first-order chi connectivity index (χ1) is 9.45. The predicted octanol–water partition coefficient (Wildman–Crippen LogP) is 3.22. The van der Waals surface area contributed by atoms with Gasteiger partial charge in [0, 0.05) is 11.6 Å². The van der Waals surface area contributed by atoms with Crippen molar-refractivity contribution in [2.75, 3.05) is 0 Å². The molecule has 4 heteroatoms. The first-order valence-electron chi connectivity index (χ1n) is 6.53. The van der Waals surface area contributed by atoms with Crippen LogP contribution in [-0.4, -0.2) is 20.1 Å². The molecule has 20 heavy (non-hydrogen) atoms. The number of phenols is 1. The number of nitrogens with zero attached hydrogens (tertiary/aromatic N) is 3. The molecule has 0 aliphatic rings. The maximum absolute atomic E-state index is 9.95. The Kier molecular flexibility index (Phi) is 2.74. The van der Waals surface area contributed by atoms with E-state index in [-0.39, 0.29) is 11.2 Å². The Labute approximate surface area is 117 Å². The summed E-state index contributed by atoms with van der Waals surface area (Å²) in [6, 6.07) is 14.2. The second-order valence-electron chi connectivity index (χ2n) is 5.85. The van der Waals surface area contributed by atoms with E-state index >= 15 is 0 Å². The van der Waals surface area contributed by atoms with Gasteiger partial charge in [-0.2, -0.15) is 4.80 Å². The molecule has 1 heterocycles. The molecule has 3 aromatic rings. The molecule has 0 aliphatic carbocycles. The van der Waals surface area contributed by atoms with E-state index in [9.17, 15) is 5.11 Å². The lowest BCUT2D eigenvalue weighted by Crippen LogP contribution is -2.12. The normalized spacial score (nSPS) is 11.9. The van der Waals surface area contributed by atoms with E-state index in [1.54, 1.807) is 10.9 Å². The van der Waals surface area contributed by atoms with Crippen LogP contribution < -0.4 is 0 Å². The van der Waals surface area contributed by atoms with Gasteiger partial charge in [0.1, 0.15) is 16.8 Å². The summed E-state index contributed by atoms with van der Waals surface area (Å²) in [5, 5.41) is 18.8. The Morgan fingerprint density at radius 2 is 1.70 bits per heavy atom. The smallest absolute Gasteiger partial charge is 0.127 e. The second-order valence-corrected chi connectivity index (χ2v) is 5.85. The fourth-order valence-corrected chi connectivity index (χ4v) is 2.14. The van der Waals surface area contributed by atoms with Crippen LogP contribution in [0.25, 0.3) is 16.7 Å². The van der Waals surface area contributed by atoms with Crippen molar-refractivity contribution in [3.8, 4) is 11.4 Å². The standard InChI is InChI=1S/C16H16N3O/c1-16(2,3)12-10-11(8-9-15(12)20)19-17-13-6-4-5-7-14(13)18-19/h4-8,10,20H,1-3H3. The largest absolute Gasteiger partial charge is 0.507 e. The topological polar surface area (TPSA) is 50.9 Å². The highest BCUT2D eigenvalue weighted by molar-refractivity contribution is 5.73. The quantitative estimate of drug-likeness (QED) is 0.735. The van der Waals surface area contributed by atoms with Crippen LogP contribution >= 0.6 is 0 Å². The van der Waals surface area contributed by atoms with Gasteiger partial charge in [-0.3, -0.25) is 0 Å². The van der Waals surface area contributed by atoms with Crippen LogP contribution in [0.2, 0.25) is 0 Å². The zero-order chi connectivity index (χ0) is 14.3. The fourth-order valence-electron chi connectivity index (χ4n) is 2.14. The summed E-state index contributed by atoms with van der Waals surface area (Å²) in [6.07, 6.45) is 0. The molecule has 0 bridgehead atoms. The lowest BCUT2D eigenvalue weighted by atomic mass is 9.86. The first-order valence-corrected chi connectivity index (χ1v) is 6.53. The van der Waals surface area contributed by atoms with Crippen LogP contribution in [0.15, 0.2) is 36.4 Å². The lowest BCUT2D eigenvalue weighted by Gasteiger charge is -2.20. The molecule has 1 N–H and O–H groups in total. The molecule has 0 unspecified atom stereocenters. The highest BCUT2D eigenvalue weighted by atomic mass is 16.3. The van der Waals surface area contributed by atoms with Crippen LogP contribution in [0.5, 0.6) is 5.75 Å². The van der Waals surface area contributed by atoms with Crippen molar-refractivity contribution in [3.05, 3.63) is 48.0 Å². The van der Waals surface area contributed by atoms with Crippen LogP contribution in [0.1, 0.15) is 26.3 Å². The minimum atomic E-state index is -0.164. The number of hydrogen-bond donors (Lipinski definition) is 1. The molecule has 4 nitrogen and oxygen atoms in total. The Morgan fingerprint density at radius 1 is 1.10 bits per heavy atom. The molecule has 0 atom stereocenters. The van der Waals surface area contributed by atoms with Crippen molar-refractivity contribution >= 4 is 11.0 Å². The third-order valence-corrected chi connectivity index (χ3v) is 3.23. The number of phenolic OH excluding ortho intramolecular Hbond substituents is 1. The molecular formula is C16H16N3O. The Balaban J connectivity index is 2.14. The number of aromatic nitrogens is 3. The van der Waals surface area contributed by atoms with Gasteiger partial charge in [0.15, 0.2) is 0 Å². The van der Waals surface area contributed by atoms with Gasteiger partial charge in [-0.1, -0.05) is 32.9 Å². The van der Waals surface area contributed by atoms with Crippen molar-refractivity contribution < 1.29 is 5.11 Å². The van der Waals surface area contributed by atoms with Gasteiger partial charge in [0.05, 0.1) is 5.69 Å². The third kappa shape index (κ3) is 2.13. The van der Waals surface area contributed by atoms with E-state index in [1.807, 2.05) is 51.1 Å². The van der Waals surface area contributed by atoms with Gasteiger partial charge in [0.25, 0.3) is 0 Å². The van der Waals surface area contributed by atoms with E-state index in [2.05, 4.69) is 16.3 Å². The number of aromatic hydroxyl groups is 1. The van der Waals surface area contributed by atoms with Crippen molar-refractivity contribution in [1.82, 2.24) is 15.0 Å². The zero-order valence-electron chi connectivity index (χ0n) is 11.8. The average Bonchev–Trinajstić information content (AvgIpc) is 2.81. The zero-order valence-corrected chi connectivity index (χ0v) is 11.8. The summed E-state index contributed by atoms with van der Waals surface area (Å²) in [5.74, 6) is 0.179. The van der Waals surface area contributed by atoms with E-state index in [0.29, 0.717) is 0 Å². The minimum Gasteiger partial charge on any atom is -0.507 e. The molecule has 1 radical (unpaired) electrons. The summed E-state index contributed by atoms with van der Waals surface area (Å²) in [7, 11) is 0. The number of benzene rings is 2. The van der Waals surface area contributed by atoms with Crippen LogP contribution in [0.4, 0.5) is 0 Å². The van der Waals surface area contributed by atoms with Crippen LogP contribution in [0.3, 0.4) is 0 Å². The molecule has 101 valence electrons. The van der Waals surface area contributed by atoms with E-state index < -0.39 is 0 Å². The van der Waals surface area contributed by atoms with Gasteiger partial charge in [0.2, 0.25) is 0 Å². The molecule has 0 fully saturated rings. The number of rotatable bonds is 1. The molecule has 0 saturated heterocycles. The summed E-state index contributed by atoms with van der Waals surface area (Å²) in [5.41, 5.74) is 3.15. The Bertz CT molecular complexity index is 736. The van der Waals surface area contributed by atoms with Crippen molar-refractivity contribution in [1.29, 1.82) is 0 Å². The predicted molar refractivity (Wildman–Crippen MR) is 78.1 cm³/mol. The molecule has 2 aromatic carbocycles. The maximum atomic E-state index is 9.95. The minimum absolute atomic E-state index is 0.164. The van der Waals surface area contributed by atoms with Gasteiger partial charge < -0.3 is 5.11 Å². The van der Waals surface area contributed by atoms with E-state index in [1.165, 1.54) is 0 Å². The van der Waals surface area contributed by atoms with Crippen molar-refractivity contribution in [2.24, 2.45) is 0 Å². The molecule has 0 amide bonds. The summed E-state index contributed by atoms with van der Waals surface area (Å²) < 4.78 is 0. The first kappa shape index (κ1) is 12.7. The second kappa shape index (κ2) is 4.34. The van der Waals surface area contributed by atoms with E-state index in [4.69, 9.17) is 0 Å². The highest BCUT2D eigenvalue weighted by Gasteiger charge is 2.19. The number of fused-ring (bicyclic) bond motifs is 1. The van der Waals surface area contributed by atoms with Crippen LogP contribution in [-0.2, 0) is 5.41 Å². The van der Waals surface area contributed by atoms with Crippen molar-refractivity contribution in [3.63, 3.8) is 0 Å². The molecular weight excluding hydrogens is 250 g/mol. The monoisotopic (exact) mass is 266 g/mol. The molecule has 0 spiro atoms. The highest BCUT2D eigenvalue weighted by Crippen LogP contribution is 2.31. The van der Waals surface area contributed by atoms with Crippen molar-refractivity contribution in [2.45, 2.75) is 26.2 Å². The molecule has 3 rings (SSSR count). The lowest BCUT2D eigenvalue weighted by molar-refractivity contribution is 0.445. The number of hydrogen-bond acceptors (Lipinski definition) is 3. The average molecular weight is 266 g/mol. The van der Waals surface area contributed by atoms with Crippen LogP contribution in [0, 0.1) is 6.07 Å². The molecule has 0 saturated carbocycles. The third-order valence-electron chi connectivity index (χ3n) is 3.23. The van der Waals surface area contributed by atoms with Gasteiger partial charge >= 0.3 is 0 Å². The summed E-state index contributed by atoms with van der Waals surface area (Å²) in [4.78, 5) is 1.58. The van der Waals surface area contributed by atoms with Gasteiger partial charge in [-0.25, -0.2) is 0 Å².